The minimum Gasteiger partial charge on any atom is -0.495 e. The molecule has 0 aliphatic carbocycles. The van der Waals surface area contributed by atoms with Crippen molar-refractivity contribution in [2.45, 2.75) is 33.4 Å². The van der Waals surface area contributed by atoms with Crippen LogP contribution in [-0.4, -0.2) is 57.6 Å². The van der Waals surface area contributed by atoms with Gasteiger partial charge in [0.1, 0.15) is 18.3 Å². The monoisotopic (exact) mass is 495 g/mol. The molecule has 0 saturated heterocycles. The molecular weight excluding hydrogens is 466 g/mol. The Bertz CT molecular complexity index is 1110. The van der Waals surface area contributed by atoms with Gasteiger partial charge in [0.25, 0.3) is 0 Å². The van der Waals surface area contributed by atoms with Gasteiger partial charge in [-0.15, -0.1) is 0 Å². The summed E-state index contributed by atoms with van der Waals surface area (Å²) >= 11 is 6.29. The summed E-state index contributed by atoms with van der Waals surface area (Å²) in [5.74, 6) is -0.590. The second-order valence-corrected chi connectivity index (χ2v) is 9.94. The van der Waals surface area contributed by atoms with Crippen molar-refractivity contribution in [3.8, 4) is 5.75 Å². The highest BCUT2D eigenvalue weighted by Crippen LogP contribution is 2.31. The van der Waals surface area contributed by atoms with Crippen LogP contribution in [0.2, 0.25) is 5.02 Å². The normalized spacial score (nSPS) is 12.1. The van der Waals surface area contributed by atoms with E-state index in [4.69, 9.17) is 16.3 Å². The third-order valence-corrected chi connectivity index (χ3v) is 6.59. The van der Waals surface area contributed by atoms with Gasteiger partial charge in [-0.05, 0) is 50.1 Å². The van der Waals surface area contributed by atoms with Gasteiger partial charge in [-0.1, -0.05) is 35.9 Å². The van der Waals surface area contributed by atoms with E-state index in [2.05, 4.69) is 5.32 Å². The molecule has 2 rings (SSSR count). The number of ether oxygens (including phenoxy) is 1. The van der Waals surface area contributed by atoms with Gasteiger partial charge in [-0.3, -0.25) is 13.9 Å². The van der Waals surface area contributed by atoms with Crippen LogP contribution < -0.4 is 14.4 Å². The van der Waals surface area contributed by atoms with E-state index in [0.29, 0.717) is 22.9 Å². The average Bonchev–Trinajstić information content (AvgIpc) is 2.75. The molecule has 180 valence electrons. The maximum Gasteiger partial charge on any atom is 0.244 e. The number of aryl methyl sites for hydroxylation is 1. The third kappa shape index (κ3) is 6.85. The Morgan fingerprint density at radius 2 is 1.85 bits per heavy atom. The van der Waals surface area contributed by atoms with Crippen molar-refractivity contribution < 1.29 is 22.7 Å². The number of nitrogens with one attached hydrogen (secondary N) is 1. The zero-order valence-electron chi connectivity index (χ0n) is 19.5. The maximum absolute atomic E-state index is 13.5. The van der Waals surface area contributed by atoms with Crippen molar-refractivity contribution >= 4 is 39.1 Å². The third-order valence-electron chi connectivity index (χ3n) is 5.10. The van der Waals surface area contributed by atoms with Crippen LogP contribution in [0, 0.1) is 6.92 Å². The van der Waals surface area contributed by atoms with E-state index < -0.39 is 28.5 Å². The van der Waals surface area contributed by atoms with Crippen LogP contribution in [0.5, 0.6) is 5.75 Å². The number of anilines is 1. The Kier molecular flexibility index (Phi) is 9.13. The number of hydrogen-bond acceptors (Lipinski definition) is 5. The van der Waals surface area contributed by atoms with Gasteiger partial charge in [0, 0.05) is 18.1 Å². The van der Waals surface area contributed by atoms with Gasteiger partial charge in [0.05, 0.1) is 19.1 Å². The number of likely N-dealkylation sites (N-methyl/N-ethyl adjacent to an activating group) is 1. The van der Waals surface area contributed by atoms with Gasteiger partial charge < -0.3 is 15.0 Å². The Balaban J connectivity index is 2.47. The molecule has 2 aromatic rings. The van der Waals surface area contributed by atoms with E-state index >= 15 is 0 Å². The fourth-order valence-electron chi connectivity index (χ4n) is 3.30. The molecule has 33 heavy (non-hydrogen) atoms. The quantitative estimate of drug-likeness (QED) is 0.546. The molecule has 0 unspecified atom stereocenters. The van der Waals surface area contributed by atoms with Crippen LogP contribution in [0.1, 0.15) is 25.0 Å². The molecule has 0 radical (unpaired) electrons. The fourth-order valence-corrected chi connectivity index (χ4v) is 4.34. The van der Waals surface area contributed by atoms with Crippen molar-refractivity contribution in [2.24, 2.45) is 0 Å². The van der Waals surface area contributed by atoms with Gasteiger partial charge in [-0.2, -0.15) is 0 Å². The minimum atomic E-state index is -3.85. The summed E-state index contributed by atoms with van der Waals surface area (Å²) in [6.07, 6.45) is 1.02. The number of halogens is 1. The van der Waals surface area contributed by atoms with E-state index in [1.807, 2.05) is 6.92 Å². The highest BCUT2D eigenvalue weighted by atomic mass is 35.5. The molecule has 0 spiro atoms. The lowest BCUT2D eigenvalue weighted by molar-refractivity contribution is -0.139. The number of carbonyl (C=O) groups is 2. The lowest BCUT2D eigenvalue weighted by Gasteiger charge is -2.32. The number of carbonyl (C=O) groups excluding carboxylic acids is 2. The molecule has 1 N–H and O–H groups in total. The van der Waals surface area contributed by atoms with E-state index in [-0.39, 0.29) is 18.1 Å². The average molecular weight is 496 g/mol. The number of sulfonamides is 1. The van der Waals surface area contributed by atoms with E-state index in [1.54, 1.807) is 56.3 Å². The second kappa shape index (κ2) is 11.4. The van der Waals surface area contributed by atoms with E-state index in [1.165, 1.54) is 12.0 Å². The number of benzene rings is 2. The second-order valence-electron chi connectivity index (χ2n) is 7.63. The predicted molar refractivity (Wildman–Crippen MR) is 130 cm³/mol. The molecule has 2 aromatic carbocycles. The van der Waals surface area contributed by atoms with Crippen molar-refractivity contribution in [1.29, 1.82) is 0 Å². The van der Waals surface area contributed by atoms with Crippen LogP contribution >= 0.6 is 11.6 Å². The molecular formula is C23H30ClN3O5S. The van der Waals surface area contributed by atoms with Crippen LogP contribution in [0.25, 0.3) is 0 Å². The first-order chi connectivity index (χ1) is 15.5. The molecule has 0 saturated carbocycles. The number of amides is 2. The highest BCUT2D eigenvalue weighted by molar-refractivity contribution is 7.92. The van der Waals surface area contributed by atoms with Gasteiger partial charge in [0.15, 0.2) is 0 Å². The Labute approximate surface area is 200 Å². The van der Waals surface area contributed by atoms with Crippen LogP contribution in [0.4, 0.5) is 5.69 Å². The first kappa shape index (κ1) is 26.5. The number of rotatable bonds is 10. The fraction of sp³-hybridized carbons (Fsp3) is 0.391. The summed E-state index contributed by atoms with van der Waals surface area (Å²) in [5.41, 5.74) is 1.69. The first-order valence-corrected chi connectivity index (χ1v) is 12.6. The molecule has 0 fully saturated rings. The first-order valence-electron chi connectivity index (χ1n) is 10.4. The Morgan fingerprint density at radius 3 is 2.42 bits per heavy atom. The molecule has 0 aliphatic heterocycles. The van der Waals surface area contributed by atoms with Gasteiger partial charge in [0.2, 0.25) is 21.8 Å². The SMILES string of the molecule is CCNC(=O)[C@@H](C)N(Cc1ccccc1Cl)C(=O)CN(c1cc(C)ccc1OC)S(C)(=O)=O. The molecule has 1 atom stereocenters. The lowest BCUT2D eigenvalue weighted by atomic mass is 10.1. The van der Waals surface area contributed by atoms with Crippen LogP contribution in [0.15, 0.2) is 42.5 Å². The highest BCUT2D eigenvalue weighted by Gasteiger charge is 2.31. The molecule has 2 amide bonds. The van der Waals surface area contributed by atoms with Crippen molar-refractivity contribution in [3.63, 3.8) is 0 Å². The van der Waals surface area contributed by atoms with Crippen LogP contribution in [0.3, 0.4) is 0 Å². The summed E-state index contributed by atoms with van der Waals surface area (Å²) in [7, 11) is -2.43. The smallest absolute Gasteiger partial charge is 0.244 e. The molecule has 0 aliphatic rings. The standard InChI is InChI=1S/C23H30ClN3O5S/c1-6-25-23(29)17(3)26(14-18-9-7-8-10-19(18)24)22(28)15-27(33(5,30)31)20-13-16(2)11-12-21(20)32-4/h7-13,17H,6,14-15H2,1-5H3,(H,25,29)/t17-/m1/s1. The van der Waals surface area contributed by atoms with E-state index in [9.17, 15) is 18.0 Å². The summed E-state index contributed by atoms with van der Waals surface area (Å²) in [4.78, 5) is 27.4. The van der Waals surface area contributed by atoms with Crippen molar-refractivity contribution in [1.82, 2.24) is 10.2 Å². The van der Waals surface area contributed by atoms with Crippen LogP contribution in [-0.2, 0) is 26.2 Å². The summed E-state index contributed by atoms with van der Waals surface area (Å²) in [6.45, 7) is 5.11. The number of nitrogens with zero attached hydrogens (tertiary/aromatic N) is 2. The number of hydrogen-bond donors (Lipinski definition) is 1. The zero-order valence-corrected chi connectivity index (χ0v) is 21.0. The molecule has 0 aromatic heterocycles. The summed E-state index contributed by atoms with van der Waals surface area (Å²) < 4.78 is 31.7. The van der Waals surface area contributed by atoms with Crippen molar-refractivity contribution in [3.05, 3.63) is 58.6 Å². The molecule has 10 heteroatoms. The van der Waals surface area contributed by atoms with Crippen molar-refractivity contribution in [2.75, 3.05) is 30.8 Å². The largest absolute Gasteiger partial charge is 0.495 e. The maximum atomic E-state index is 13.5. The zero-order chi connectivity index (χ0) is 24.8. The molecule has 0 heterocycles. The summed E-state index contributed by atoms with van der Waals surface area (Å²) in [5, 5.41) is 3.15. The van der Waals surface area contributed by atoms with Gasteiger partial charge >= 0.3 is 0 Å². The summed E-state index contributed by atoms with van der Waals surface area (Å²) in [6, 6.07) is 11.2. The lowest BCUT2D eigenvalue weighted by Crippen LogP contribution is -2.51. The van der Waals surface area contributed by atoms with Gasteiger partial charge in [-0.25, -0.2) is 8.42 Å². The Hall–Kier alpha value is -2.78. The number of methoxy groups -OCH3 is 1. The minimum absolute atomic E-state index is 0.0410. The molecule has 8 nitrogen and oxygen atoms in total. The topological polar surface area (TPSA) is 96.0 Å². The molecule has 0 bridgehead atoms. The Morgan fingerprint density at radius 1 is 1.18 bits per heavy atom. The predicted octanol–water partition coefficient (Wildman–Crippen LogP) is 2.98. The van der Waals surface area contributed by atoms with E-state index in [0.717, 1.165) is 16.1 Å².